The van der Waals surface area contributed by atoms with Gasteiger partial charge in [0.2, 0.25) is 11.8 Å². The molecule has 0 saturated carbocycles. The topological polar surface area (TPSA) is 211 Å². The normalized spacial score (nSPS) is 21.2. The van der Waals surface area contributed by atoms with Gasteiger partial charge in [-0.25, -0.2) is 13.8 Å². The largest absolute Gasteiger partial charge is 0.404 e. The Labute approximate surface area is 382 Å². The summed E-state index contributed by atoms with van der Waals surface area (Å²) in [6, 6.07) is 7.25. The number of hydrogen-bond acceptors (Lipinski definition) is 12. The van der Waals surface area contributed by atoms with Crippen molar-refractivity contribution < 1.29 is 38.0 Å². The molecule has 2 aromatic carbocycles. The Bertz CT molecular complexity index is 2370. The number of carbonyl (C=O) groups is 5. The molecule has 352 valence electrons. The summed E-state index contributed by atoms with van der Waals surface area (Å²) in [6.45, 7) is 6.39. The number of aryl methyl sites for hydroxylation is 1. The average Bonchev–Trinajstić information content (AvgIpc) is 3.56. The first kappa shape index (κ1) is 46.3. The van der Waals surface area contributed by atoms with E-state index in [0.29, 0.717) is 123 Å². The van der Waals surface area contributed by atoms with E-state index < -0.39 is 30.2 Å². The highest BCUT2D eigenvalue weighted by Gasteiger charge is 2.46. The molecule has 1 atom stereocenters. The number of nitrogens with two attached hydrogens (primary N) is 1. The maximum Gasteiger partial charge on any atom is 0.269 e. The van der Waals surface area contributed by atoms with Gasteiger partial charge in [0.05, 0.1) is 24.2 Å². The van der Waals surface area contributed by atoms with Crippen LogP contribution in [-0.2, 0) is 20.8 Å². The summed E-state index contributed by atoms with van der Waals surface area (Å²) < 4.78 is 29.1. The van der Waals surface area contributed by atoms with Gasteiger partial charge in [-0.15, -0.1) is 0 Å². The molecule has 17 nitrogen and oxygen atoms in total. The van der Waals surface area contributed by atoms with Gasteiger partial charge in [-0.2, -0.15) is 0 Å². The Hall–Kier alpha value is -6.21. The molecule has 0 radical (unpaired) electrons. The minimum absolute atomic E-state index is 0.0444. The molecule has 0 aromatic heterocycles. The third-order valence-electron chi connectivity index (χ3n) is 13.8. The van der Waals surface area contributed by atoms with E-state index >= 15 is 0 Å². The van der Waals surface area contributed by atoms with E-state index in [4.69, 9.17) is 5.73 Å². The van der Waals surface area contributed by atoms with Gasteiger partial charge in [0.1, 0.15) is 11.9 Å². The summed E-state index contributed by atoms with van der Waals surface area (Å²) in [6.07, 6.45) is 4.81. The van der Waals surface area contributed by atoms with Crippen molar-refractivity contribution in [2.24, 2.45) is 16.6 Å². The van der Waals surface area contributed by atoms with Gasteiger partial charge in [-0.05, 0) is 86.3 Å². The number of nitrogens with zero attached hydrogens (tertiary/aromatic N) is 7. The Kier molecular flexibility index (Phi) is 13.8. The minimum atomic E-state index is -2.78. The van der Waals surface area contributed by atoms with E-state index in [1.54, 1.807) is 41.1 Å². The van der Waals surface area contributed by atoms with Crippen molar-refractivity contribution in [3.8, 4) is 0 Å². The summed E-state index contributed by atoms with van der Waals surface area (Å²) in [7, 11) is 1.55. The maximum absolute atomic E-state index is 14.6. The number of piperidine rings is 2. The van der Waals surface area contributed by atoms with Crippen LogP contribution in [0.25, 0.3) is 5.57 Å². The van der Waals surface area contributed by atoms with Crippen LogP contribution < -0.4 is 21.3 Å². The van der Waals surface area contributed by atoms with Gasteiger partial charge >= 0.3 is 0 Å². The van der Waals surface area contributed by atoms with Crippen molar-refractivity contribution in [1.82, 2.24) is 30.0 Å². The number of amides is 5. The summed E-state index contributed by atoms with van der Waals surface area (Å²) in [5, 5.41) is 27.0. The summed E-state index contributed by atoms with van der Waals surface area (Å²) >= 11 is 0. The molecule has 5 amide bonds. The number of hydrogen-bond donors (Lipinski definition) is 5. The molecular weight excluding hydrogens is 853 g/mol. The van der Waals surface area contributed by atoms with Gasteiger partial charge in [0, 0.05) is 125 Å². The Morgan fingerprint density at radius 1 is 1.00 bits per heavy atom. The molecule has 3 saturated heterocycles. The van der Waals surface area contributed by atoms with E-state index in [1.165, 1.54) is 25.4 Å². The smallest absolute Gasteiger partial charge is 0.269 e. The second kappa shape index (κ2) is 19.7. The molecule has 2 aromatic rings. The molecule has 6 N–H and O–H groups in total. The molecule has 0 aliphatic carbocycles. The van der Waals surface area contributed by atoms with E-state index in [2.05, 4.69) is 20.5 Å². The molecule has 8 rings (SSSR count). The number of carbonyl (C=O) groups excluding carboxylic acids is 5. The first-order valence-corrected chi connectivity index (χ1v) is 22.9. The van der Waals surface area contributed by atoms with Crippen LogP contribution in [0.1, 0.15) is 95.7 Å². The van der Waals surface area contributed by atoms with Crippen LogP contribution in [-0.4, -0.2) is 156 Å². The second-order valence-corrected chi connectivity index (χ2v) is 18.0. The van der Waals surface area contributed by atoms with Crippen LogP contribution in [0.2, 0.25) is 0 Å². The fourth-order valence-electron chi connectivity index (χ4n) is 10.2. The number of imide groups is 1. The number of amidine groups is 1. The van der Waals surface area contributed by atoms with Crippen molar-refractivity contribution in [3.63, 3.8) is 0 Å². The maximum atomic E-state index is 14.6. The molecule has 66 heavy (non-hydrogen) atoms. The summed E-state index contributed by atoms with van der Waals surface area (Å²) in [4.78, 5) is 77.8. The standard InChI is InChI=1S/C47H59F2N11O6/c1-28(61)57-19-13-37(36(26-57)44(51)58-15-4-6-30-20-34(31(22-50)23-52-2)35(43(48)49)21-40(30)58)54-32-11-17-56(18-12-32)41(62)27-55-24-29(25-55)10-14-53-38-8-3-7-33-42(38)47(65)60(45(33)63)39-9-5-16-59(66)46(39)64/h3,7-8,20-23,29,32,39,43,51,53-54,66H,4-6,9-19,24-27,50H2,1-2H3. The monoisotopic (exact) mass is 911 g/mol. The predicted octanol–water partition coefficient (Wildman–Crippen LogP) is 3.85. The number of fused-ring (bicyclic) bond motifs is 2. The third kappa shape index (κ3) is 9.27. The number of halogens is 2. The van der Waals surface area contributed by atoms with Gasteiger partial charge in [0.15, 0.2) is 0 Å². The third-order valence-corrected chi connectivity index (χ3v) is 13.8. The van der Waals surface area contributed by atoms with Crippen LogP contribution in [0.15, 0.2) is 52.8 Å². The zero-order valence-corrected chi connectivity index (χ0v) is 37.5. The highest BCUT2D eigenvalue weighted by Crippen LogP contribution is 2.38. The van der Waals surface area contributed by atoms with Crippen LogP contribution in [0.3, 0.4) is 0 Å². The van der Waals surface area contributed by atoms with Gasteiger partial charge in [-0.3, -0.25) is 49.4 Å². The van der Waals surface area contributed by atoms with Crippen molar-refractivity contribution in [1.29, 1.82) is 5.41 Å². The van der Waals surface area contributed by atoms with Crippen molar-refractivity contribution >= 4 is 58.5 Å². The number of aliphatic imine (C=N–C) groups is 1. The summed E-state index contributed by atoms with van der Waals surface area (Å²) in [5.41, 5.74) is 10.2. The summed E-state index contributed by atoms with van der Waals surface area (Å²) in [5.74, 6) is -1.24. The second-order valence-electron chi connectivity index (χ2n) is 18.0. The lowest BCUT2D eigenvalue weighted by molar-refractivity contribution is -0.175. The molecule has 19 heteroatoms. The lowest BCUT2D eigenvalue weighted by Crippen LogP contribution is -2.53. The molecule has 6 heterocycles. The number of benzene rings is 2. The predicted molar refractivity (Wildman–Crippen MR) is 245 cm³/mol. The highest BCUT2D eigenvalue weighted by molar-refractivity contribution is 6.25. The van der Waals surface area contributed by atoms with E-state index in [1.807, 2.05) is 4.90 Å². The Balaban J connectivity index is 0.833. The quantitative estimate of drug-likeness (QED) is 0.0844. The van der Waals surface area contributed by atoms with E-state index in [9.17, 15) is 43.4 Å². The first-order valence-electron chi connectivity index (χ1n) is 22.9. The number of alkyl halides is 2. The molecule has 1 unspecified atom stereocenters. The molecule has 6 aliphatic heterocycles. The van der Waals surface area contributed by atoms with Gasteiger partial charge in [0.25, 0.3) is 24.1 Å². The molecule has 0 bridgehead atoms. The molecular formula is C47H59F2N11O6. The minimum Gasteiger partial charge on any atom is -0.404 e. The fourth-order valence-corrected chi connectivity index (χ4v) is 10.2. The first-order chi connectivity index (χ1) is 31.8. The van der Waals surface area contributed by atoms with Gasteiger partial charge in [-0.1, -0.05) is 6.07 Å². The number of hydroxylamine groups is 2. The molecule has 3 fully saturated rings. The Morgan fingerprint density at radius 3 is 2.48 bits per heavy atom. The van der Waals surface area contributed by atoms with Crippen molar-refractivity contribution in [3.05, 3.63) is 75.6 Å². The average molecular weight is 912 g/mol. The lowest BCUT2D eigenvalue weighted by Gasteiger charge is -2.41. The number of anilines is 2. The van der Waals surface area contributed by atoms with Crippen LogP contribution in [0, 0.1) is 11.3 Å². The number of likely N-dealkylation sites (tertiary alicyclic amines) is 2. The lowest BCUT2D eigenvalue weighted by atomic mass is 9.91. The zero-order chi connectivity index (χ0) is 46.8. The zero-order valence-electron chi connectivity index (χ0n) is 37.5. The number of rotatable bonds is 13. The number of nitrogens with one attached hydrogen (secondary N) is 3. The SMILES string of the molecule is CN=CC(=CN)c1cc2c(cc1C(F)F)N(C(=N)C1=C(NC3CCN(C(=O)CN4CC(CCNc5cccc6c5C(=O)N(C5CCCN(O)C5=O)C6=O)C4)CC3)CCN(C(C)=O)C1)CCC2. The van der Waals surface area contributed by atoms with E-state index in [0.717, 1.165) is 35.7 Å². The van der Waals surface area contributed by atoms with E-state index in [-0.39, 0.29) is 53.5 Å². The van der Waals surface area contributed by atoms with Crippen LogP contribution in [0.5, 0.6) is 0 Å². The fraction of sp³-hybridized carbons (Fsp3) is 0.511. The molecule has 0 spiro atoms. The highest BCUT2D eigenvalue weighted by atomic mass is 19.3. The van der Waals surface area contributed by atoms with Crippen LogP contribution in [0.4, 0.5) is 20.2 Å². The Morgan fingerprint density at radius 2 is 1.77 bits per heavy atom. The van der Waals surface area contributed by atoms with Gasteiger partial charge < -0.3 is 31.1 Å². The number of allylic oxidation sites excluding steroid dienone is 1. The molecule has 6 aliphatic rings. The van der Waals surface area contributed by atoms with Crippen molar-refractivity contribution in [2.45, 2.75) is 76.8 Å². The van der Waals surface area contributed by atoms with Crippen molar-refractivity contribution in [2.75, 3.05) is 82.7 Å². The van der Waals surface area contributed by atoms with Crippen LogP contribution >= 0.6 is 0 Å².